The van der Waals surface area contributed by atoms with E-state index < -0.39 is 18.0 Å². The Morgan fingerprint density at radius 1 is 1.12 bits per heavy atom. The third-order valence-corrected chi connectivity index (χ3v) is 4.28. The Balaban J connectivity index is 1.55. The Bertz CT molecular complexity index is 820. The lowest BCUT2D eigenvalue weighted by Crippen LogP contribution is -2.38. The van der Waals surface area contributed by atoms with Crippen molar-refractivity contribution >= 4 is 23.5 Å². The average molecular weight is 351 g/mol. The number of urea groups is 1. The van der Waals surface area contributed by atoms with Crippen LogP contribution in [0.15, 0.2) is 54.6 Å². The Labute approximate surface area is 152 Å². The molecule has 3 rings (SSSR count). The molecule has 1 atom stereocenters. The van der Waals surface area contributed by atoms with Crippen LogP contribution in [0.1, 0.15) is 17.5 Å². The second-order valence-corrected chi connectivity index (χ2v) is 6.37. The van der Waals surface area contributed by atoms with Crippen molar-refractivity contribution in [1.29, 1.82) is 0 Å². The maximum atomic E-state index is 12.4. The number of nitrogens with one attached hydrogen (secondary N) is 2. The molecule has 6 heteroatoms. The predicted octanol–water partition coefficient (Wildman–Crippen LogP) is 2.49. The third kappa shape index (κ3) is 4.27. The summed E-state index contributed by atoms with van der Waals surface area (Å²) in [5.41, 5.74) is 2.76. The minimum atomic E-state index is -0.588. The van der Waals surface area contributed by atoms with E-state index >= 15 is 0 Å². The maximum Gasteiger partial charge on any atom is 0.325 e. The molecule has 1 aliphatic rings. The minimum absolute atomic E-state index is 0.291. The van der Waals surface area contributed by atoms with E-state index in [1.165, 1.54) is 0 Å². The van der Waals surface area contributed by atoms with Crippen LogP contribution >= 0.6 is 0 Å². The van der Waals surface area contributed by atoms with Crippen LogP contribution in [0, 0.1) is 6.92 Å². The predicted molar refractivity (Wildman–Crippen MR) is 98.6 cm³/mol. The molecule has 0 radical (unpaired) electrons. The largest absolute Gasteiger partial charge is 0.326 e. The van der Waals surface area contributed by atoms with E-state index in [9.17, 15) is 14.4 Å². The molecule has 26 heavy (non-hydrogen) atoms. The molecule has 0 spiro atoms. The summed E-state index contributed by atoms with van der Waals surface area (Å²) in [5, 5.41) is 5.37. The van der Waals surface area contributed by atoms with Crippen LogP contribution in [-0.2, 0) is 16.0 Å². The van der Waals surface area contributed by atoms with Crippen LogP contribution in [0.4, 0.5) is 10.5 Å². The lowest BCUT2D eigenvalue weighted by molar-refractivity contribution is -0.130. The van der Waals surface area contributed by atoms with Crippen molar-refractivity contribution in [2.45, 2.75) is 25.8 Å². The van der Waals surface area contributed by atoms with E-state index in [4.69, 9.17) is 0 Å². The van der Waals surface area contributed by atoms with Crippen LogP contribution in [0.25, 0.3) is 0 Å². The van der Waals surface area contributed by atoms with Gasteiger partial charge >= 0.3 is 6.03 Å². The van der Waals surface area contributed by atoms with Gasteiger partial charge in [0.15, 0.2) is 0 Å². The van der Waals surface area contributed by atoms with Gasteiger partial charge in [-0.15, -0.1) is 0 Å². The Hall–Kier alpha value is -3.15. The number of amides is 4. The van der Waals surface area contributed by atoms with Gasteiger partial charge in [0.05, 0.1) is 0 Å². The van der Waals surface area contributed by atoms with Crippen molar-refractivity contribution in [2.75, 3.05) is 11.9 Å². The minimum Gasteiger partial charge on any atom is -0.326 e. The van der Waals surface area contributed by atoms with Crippen LogP contribution in [0.3, 0.4) is 0 Å². The van der Waals surface area contributed by atoms with Gasteiger partial charge in [0.1, 0.15) is 12.6 Å². The number of carbonyl (C=O) groups excluding carboxylic acids is 3. The molecular weight excluding hydrogens is 330 g/mol. The van der Waals surface area contributed by atoms with Gasteiger partial charge in [0.25, 0.3) is 5.91 Å². The van der Waals surface area contributed by atoms with Crippen LogP contribution in [0.5, 0.6) is 0 Å². The number of imide groups is 1. The molecule has 4 amide bonds. The smallest absolute Gasteiger partial charge is 0.325 e. The lowest BCUT2D eigenvalue weighted by atomic mass is 10.1. The molecule has 1 aliphatic heterocycles. The monoisotopic (exact) mass is 351 g/mol. The quantitative estimate of drug-likeness (QED) is 0.785. The number of anilines is 1. The molecule has 0 saturated carbocycles. The SMILES string of the molecule is Cc1cccc(NC(=O)CN2C(=O)N[C@H](CCc3ccccc3)C2=O)c1. The second-order valence-electron chi connectivity index (χ2n) is 6.37. The first-order valence-electron chi connectivity index (χ1n) is 8.55. The second kappa shape index (κ2) is 7.82. The first kappa shape index (κ1) is 17.7. The highest BCUT2D eigenvalue weighted by molar-refractivity contribution is 6.07. The average Bonchev–Trinajstić information content (AvgIpc) is 2.88. The van der Waals surface area contributed by atoms with Gasteiger partial charge in [0.2, 0.25) is 5.91 Å². The fraction of sp³-hybridized carbons (Fsp3) is 0.250. The molecule has 2 aromatic carbocycles. The molecule has 0 aliphatic carbocycles. The topological polar surface area (TPSA) is 78.5 Å². The first-order valence-corrected chi connectivity index (χ1v) is 8.55. The Morgan fingerprint density at radius 2 is 1.88 bits per heavy atom. The molecule has 6 nitrogen and oxygen atoms in total. The molecule has 1 fully saturated rings. The van der Waals surface area contributed by atoms with Crippen LogP contribution < -0.4 is 10.6 Å². The molecule has 2 N–H and O–H groups in total. The Kier molecular flexibility index (Phi) is 5.31. The highest BCUT2D eigenvalue weighted by Crippen LogP contribution is 2.14. The molecule has 0 aromatic heterocycles. The van der Waals surface area contributed by atoms with Crippen molar-refractivity contribution in [3.63, 3.8) is 0 Å². The van der Waals surface area contributed by atoms with E-state index in [0.717, 1.165) is 16.0 Å². The van der Waals surface area contributed by atoms with Crippen LogP contribution in [-0.4, -0.2) is 35.3 Å². The molecule has 0 unspecified atom stereocenters. The Morgan fingerprint density at radius 3 is 2.62 bits per heavy atom. The zero-order chi connectivity index (χ0) is 18.5. The van der Waals surface area contributed by atoms with Crippen molar-refractivity contribution in [1.82, 2.24) is 10.2 Å². The van der Waals surface area contributed by atoms with Crippen molar-refractivity contribution < 1.29 is 14.4 Å². The maximum absolute atomic E-state index is 12.4. The van der Waals surface area contributed by atoms with Gasteiger partial charge < -0.3 is 10.6 Å². The van der Waals surface area contributed by atoms with E-state index in [-0.39, 0.29) is 12.5 Å². The molecule has 1 saturated heterocycles. The fourth-order valence-corrected chi connectivity index (χ4v) is 2.94. The normalized spacial score (nSPS) is 16.5. The van der Waals surface area contributed by atoms with Gasteiger partial charge in [-0.2, -0.15) is 0 Å². The summed E-state index contributed by atoms with van der Waals surface area (Å²) in [4.78, 5) is 37.6. The summed E-state index contributed by atoms with van der Waals surface area (Å²) in [6.07, 6.45) is 1.19. The molecular formula is C20H21N3O3. The van der Waals surface area contributed by atoms with Gasteiger partial charge in [0, 0.05) is 5.69 Å². The molecule has 134 valence electrons. The summed E-state index contributed by atoms with van der Waals surface area (Å²) in [7, 11) is 0. The van der Waals surface area contributed by atoms with Gasteiger partial charge in [-0.1, -0.05) is 42.5 Å². The third-order valence-electron chi connectivity index (χ3n) is 4.28. The van der Waals surface area contributed by atoms with Crippen molar-refractivity contribution in [3.8, 4) is 0 Å². The summed E-state index contributed by atoms with van der Waals surface area (Å²) in [6.45, 7) is 1.63. The van der Waals surface area contributed by atoms with E-state index in [2.05, 4.69) is 10.6 Å². The van der Waals surface area contributed by atoms with E-state index in [0.29, 0.717) is 18.5 Å². The summed E-state index contributed by atoms with van der Waals surface area (Å²) >= 11 is 0. The first-order chi connectivity index (χ1) is 12.5. The zero-order valence-electron chi connectivity index (χ0n) is 14.6. The molecule has 2 aromatic rings. The number of benzene rings is 2. The number of rotatable bonds is 6. The number of nitrogens with zero attached hydrogens (tertiary/aromatic N) is 1. The standard InChI is InChI=1S/C20H21N3O3/c1-14-6-5-9-16(12-14)21-18(24)13-23-19(25)17(22-20(23)26)11-10-15-7-3-2-4-8-15/h2-9,12,17H,10-11,13H2,1H3,(H,21,24)(H,22,26)/t17-/m1/s1. The van der Waals surface area contributed by atoms with E-state index in [1.807, 2.05) is 55.5 Å². The van der Waals surface area contributed by atoms with Gasteiger partial charge in [-0.05, 0) is 43.0 Å². The number of hydrogen-bond donors (Lipinski definition) is 2. The van der Waals surface area contributed by atoms with Crippen LogP contribution in [0.2, 0.25) is 0 Å². The highest BCUT2D eigenvalue weighted by atomic mass is 16.2. The highest BCUT2D eigenvalue weighted by Gasteiger charge is 2.38. The number of hydrogen-bond acceptors (Lipinski definition) is 3. The summed E-state index contributed by atoms with van der Waals surface area (Å²) in [5.74, 6) is -0.756. The fourth-order valence-electron chi connectivity index (χ4n) is 2.94. The van der Waals surface area contributed by atoms with Crippen molar-refractivity contribution in [3.05, 3.63) is 65.7 Å². The summed E-state index contributed by atoms with van der Waals surface area (Å²) in [6, 6.07) is 16.0. The van der Waals surface area contributed by atoms with Crippen molar-refractivity contribution in [2.24, 2.45) is 0 Å². The lowest BCUT2D eigenvalue weighted by Gasteiger charge is -2.13. The zero-order valence-corrected chi connectivity index (χ0v) is 14.6. The molecule has 0 bridgehead atoms. The van der Waals surface area contributed by atoms with E-state index in [1.54, 1.807) is 6.07 Å². The van der Waals surface area contributed by atoms with Gasteiger partial charge in [-0.3, -0.25) is 14.5 Å². The van der Waals surface area contributed by atoms with Gasteiger partial charge in [-0.25, -0.2) is 4.79 Å². The molecule has 1 heterocycles. The summed E-state index contributed by atoms with van der Waals surface area (Å²) < 4.78 is 0. The number of carbonyl (C=O) groups is 3. The number of aryl methyl sites for hydroxylation is 2.